The summed E-state index contributed by atoms with van der Waals surface area (Å²) in [6.07, 6.45) is 1.62. The summed E-state index contributed by atoms with van der Waals surface area (Å²) in [5.41, 5.74) is 0.628. The zero-order valence-corrected chi connectivity index (χ0v) is 10.4. The first-order valence-corrected chi connectivity index (χ1v) is 6.02. The van der Waals surface area contributed by atoms with Gasteiger partial charge in [0.05, 0.1) is 12.2 Å². The van der Waals surface area contributed by atoms with Gasteiger partial charge in [0.25, 0.3) is 0 Å². The molecule has 0 aliphatic carbocycles. The Morgan fingerprint density at radius 2 is 1.95 bits per heavy atom. The summed E-state index contributed by atoms with van der Waals surface area (Å²) in [6.45, 7) is 0.189. The Kier molecular flexibility index (Phi) is 2.83. The number of aromatic hydroxyl groups is 1. The van der Waals surface area contributed by atoms with Gasteiger partial charge in [0.15, 0.2) is 0 Å². The summed E-state index contributed by atoms with van der Waals surface area (Å²) >= 11 is 0. The molecule has 0 saturated carbocycles. The van der Waals surface area contributed by atoms with Crippen molar-refractivity contribution in [3.8, 4) is 5.88 Å². The zero-order valence-electron chi connectivity index (χ0n) is 10.4. The number of hydrogen-bond acceptors (Lipinski definition) is 4. The van der Waals surface area contributed by atoms with Gasteiger partial charge < -0.3 is 10.3 Å². The normalized spacial score (nSPS) is 10.8. The summed E-state index contributed by atoms with van der Waals surface area (Å²) in [7, 11) is 0. The Hall–Kier alpha value is -2.89. The lowest BCUT2D eigenvalue weighted by atomic mass is 10.2. The SMILES string of the molecule is O=c1c(O)[n+]([O-])c2ccccc2n1Cc1ccccn1. The van der Waals surface area contributed by atoms with Crippen molar-refractivity contribution in [3.05, 3.63) is 69.9 Å². The van der Waals surface area contributed by atoms with E-state index in [1.165, 1.54) is 4.57 Å². The lowest BCUT2D eigenvalue weighted by Gasteiger charge is -2.10. The van der Waals surface area contributed by atoms with Crippen molar-refractivity contribution in [2.75, 3.05) is 0 Å². The minimum Gasteiger partial charge on any atom is -0.615 e. The van der Waals surface area contributed by atoms with E-state index in [-0.39, 0.29) is 16.8 Å². The number of fused-ring (bicyclic) bond motifs is 1. The Morgan fingerprint density at radius 3 is 2.70 bits per heavy atom. The first-order valence-electron chi connectivity index (χ1n) is 6.02. The second-order valence-electron chi connectivity index (χ2n) is 4.32. The lowest BCUT2D eigenvalue weighted by molar-refractivity contribution is -0.587. The fourth-order valence-corrected chi connectivity index (χ4v) is 2.11. The second kappa shape index (κ2) is 4.65. The van der Waals surface area contributed by atoms with Gasteiger partial charge in [-0.1, -0.05) is 18.2 Å². The third-order valence-electron chi connectivity index (χ3n) is 3.07. The molecule has 0 bridgehead atoms. The van der Waals surface area contributed by atoms with Gasteiger partial charge >= 0.3 is 11.4 Å². The van der Waals surface area contributed by atoms with Crippen molar-refractivity contribution >= 4 is 11.0 Å². The molecular weight excluding hydrogens is 258 g/mol. The van der Waals surface area contributed by atoms with Crippen molar-refractivity contribution in [1.29, 1.82) is 0 Å². The van der Waals surface area contributed by atoms with Crippen molar-refractivity contribution < 1.29 is 9.84 Å². The van der Waals surface area contributed by atoms with Gasteiger partial charge in [-0.05, 0) is 18.2 Å². The number of hydrogen-bond donors (Lipinski definition) is 1. The van der Waals surface area contributed by atoms with Crippen molar-refractivity contribution in [2.45, 2.75) is 6.54 Å². The summed E-state index contributed by atoms with van der Waals surface area (Å²) in [4.78, 5) is 16.2. The molecule has 0 spiro atoms. The highest BCUT2D eigenvalue weighted by Gasteiger charge is 2.19. The van der Waals surface area contributed by atoms with Crippen LogP contribution in [0.25, 0.3) is 11.0 Å². The van der Waals surface area contributed by atoms with Gasteiger partial charge in [0.1, 0.15) is 5.52 Å². The molecule has 0 fully saturated rings. The molecule has 1 N–H and O–H groups in total. The average Bonchev–Trinajstić information content (AvgIpc) is 2.50. The molecule has 2 heterocycles. The number of nitrogens with zero attached hydrogens (tertiary/aromatic N) is 3. The number of pyridine rings is 1. The van der Waals surface area contributed by atoms with E-state index in [0.717, 1.165) is 0 Å². The maximum Gasteiger partial charge on any atom is 0.445 e. The first kappa shape index (κ1) is 12.2. The van der Waals surface area contributed by atoms with Crippen LogP contribution < -0.4 is 10.3 Å². The number of rotatable bonds is 2. The first-order chi connectivity index (χ1) is 9.68. The largest absolute Gasteiger partial charge is 0.615 e. The Morgan fingerprint density at radius 1 is 1.20 bits per heavy atom. The van der Waals surface area contributed by atoms with E-state index in [1.807, 2.05) is 6.07 Å². The molecule has 0 atom stereocenters. The third-order valence-corrected chi connectivity index (χ3v) is 3.07. The van der Waals surface area contributed by atoms with Crippen LogP contribution in [0.1, 0.15) is 5.69 Å². The molecular formula is C14H11N3O3. The van der Waals surface area contributed by atoms with Crippen LogP contribution in [0.15, 0.2) is 53.5 Å². The van der Waals surface area contributed by atoms with E-state index in [4.69, 9.17) is 0 Å². The van der Waals surface area contributed by atoms with E-state index in [2.05, 4.69) is 4.98 Å². The molecule has 0 radical (unpaired) electrons. The van der Waals surface area contributed by atoms with Crippen molar-refractivity contribution in [3.63, 3.8) is 0 Å². The average molecular weight is 269 g/mol. The van der Waals surface area contributed by atoms with Crippen molar-refractivity contribution in [2.24, 2.45) is 0 Å². The number of benzene rings is 1. The minimum absolute atomic E-state index is 0.189. The van der Waals surface area contributed by atoms with Crippen LogP contribution in [-0.2, 0) is 6.54 Å². The molecule has 3 aromatic rings. The molecule has 3 rings (SSSR count). The summed E-state index contributed by atoms with van der Waals surface area (Å²) in [5.74, 6) is -0.834. The zero-order chi connectivity index (χ0) is 14.1. The predicted molar refractivity (Wildman–Crippen MR) is 72.2 cm³/mol. The van der Waals surface area contributed by atoms with Gasteiger partial charge in [-0.15, -0.1) is 4.73 Å². The van der Waals surface area contributed by atoms with Crippen LogP contribution >= 0.6 is 0 Å². The fraction of sp³-hybridized carbons (Fsp3) is 0.0714. The smallest absolute Gasteiger partial charge is 0.445 e. The van der Waals surface area contributed by atoms with Gasteiger partial charge in [0.2, 0.25) is 5.52 Å². The molecule has 0 saturated heterocycles. The molecule has 2 aromatic heterocycles. The number of para-hydroxylation sites is 2. The van der Waals surface area contributed by atoms with E-state index in [1.54, 1.807) is 42.6 Å². The standard InChI is InChI=1S/C14H11N3O3/c18-13-14(19)17(20)12-7-2-1-6-11(12)16(13)9-10-5-3-4-8-15-10/h1-8,19H,9H2. The highest BCUT2D eigenvalue weighted by molar-refractivity contribution is 5.71. The third kappa shape index (κ3) is 1.87. The molecule has 0 aliphatic heterocycles. The highest BCUT2D eigenvalue weighted by atomic mass is 16.5. The topological polar surface area (TPSA) is 82.1 Å². The molecule has 6 nitrogen and oxygen atoms in total. The van der Waals surface area contributed by atoms with Gasteiger partial charge in [-0.25, -0.2) is 0 Å². The molecule has 1 aromatic carbocycles. The van der Waals surface area contributed by atoms with Gasteiger partial charge in [-0.2, -0.15) is 0 Å². The molecule has 0 amide bonds. The molecule has 6 heteroatoms. The second-order valence-corrected chi connectivity index (χ2v) is 4.32. The Balaban J connectivity index is 2.27. The van der Waals surface area contributed by atoms with Crippen LogP contribution in [0.2, 0.25) is 0 Å². The maximum atomic E-state index is 12.1. The predicted octanol–water partition coefficient (Wildman–Crippen LogP) is 0.784. The minimum atomic E-state index is -0.834. The Bertz CT molecular complexity index is 828. The fourth-order valence-electron chi connectivity index (χ4n) is 2.11. The Labute approximate surface area is 113 Å². The monoisotopic (exact) mass is 269 g/mol. The van der Waals surface area contributed by atoms with Crippen molar-refractivity contribution in [1.82, 2.24) is 9.55 Å². The van der Waals surface area contributed by atoms with E-state index >= 15 is 0 Å². The summed E-state index contributed by atoms with van der Waals surface area (Å²) in [5, 5.41) is 21.5. The summed E-state index contributed by atoms with van der Waals surface area (Å²) in [6, 6.07) is 12.0. The maximum absolute atomic E-state index is 12.1. The van der Waals surface area contributed by atoms with Gasteiger partial charge in [-0.3, -0.25) is 14.3 Å². The lowest BCUT2D eigenvalue weighted by Crippen LogP contribution is -2.37. The quantitative estimate of drug-likeness (QED) is 0.550. The van der Waals surface area contributed by atoms with E-state index in [9.17, 15) is 15.1 Å². The van der Waals surface area contributed by atoms with Crippen LogP contribution in [0, 0.1) is 5.21 Å². The van der Waals surface area contributed by atoms with E-state index < -0.39 is 11.4 Å². The van der Waals surface area contributed by atoms with Crippen LogP contribution in [0.3, 0.4) is 0 Å². The molecule has 0 aliphatic rings. The highest BCUT2D eigenvalue weighted by Crippen LogP contribution is 2.11. The molecule has 20 heavy (non-hydrogen) atoms. The molecule has 100 valence electrons. The van der Waals surface area contributed by atoms with Crippen LogP contribution in [-0.4, -0.2) is 14.7 Å². The van der Waals surface area contributed by atoms with E-state index in [0.29, 0.717) is 11.2 Å². The van der Waals surface area contributed by atoms with Gasteiger partial charge in [0, 0.05) is 12.3 Å². The van der Waals surface area contributed by atoms with Crippen LogP contribution in [0.4, 0.5) is 0 Å². The summed E-state index contributed by atoms with van der Waals surface area (Å²) < 4.78 is 1.58. The molecule has 0 unspecified atom stereocenters. The van der Waals surface area contributed by atoms with Crippen LogP contribution in [0.5, 0.6) is 5.88 Å². The number of aromatic nitrogens is 3.